The molecule has 0 atom stereocenters. The van der Waals surface area contributed by atoms with Gasteiger partial charge in [-0.05, 0) is 85.3 Å². The molecule has 0 aromatic heterocycles. The van der Waals surface area contributed by atoms with Crippen LogP contribution in [-0.4, -0.2) is 68.1 Å². The Morgan fingerprint density at radius 1 is 0.627 bits per heavy atom. The lowest BCUT2D eigenvalue weighted by Gasteiger charge is -2.21. The third kappa shape index (κ3) is 13.1. The van der Waals surface area contributed by atoms with E-state index in [9.17, 15) is 19.2 Å². The van der Waals surface area contributed by atoms with E-state index < -0.39 is 30.5 Å². The molecule has 11 nitrogen and oxygen atoms in total. The molecule has 0 amide bonds. The van der Waals surface area contributed by atoms with Crippen LogP contribution in [0.3, 0.4) is 0 Å². The van der Waals surface area contributed by atoms with Crippen molar-refractivity contribution in [1.29, 1.82) is 0 Å². The zero-order valence-corrected chi connectivity index (χ0v) is 28.6. The van der Waals surface area contributed by atoms with Crippen molar-refractivity contribution in [2.75, 3.05) is 33.0 Å². The van der Waals surface area contributed by atoms with Gasteiger partial charge in [0.15, 0.2) is 0 Å². The first-order valence-electron chi connectivity index (χ1n) is 17.0. The highest BCUT2D eigenvalue weighted by Crippen LogP contribution is 2.26. The maximum atomic E-state index is 12.7. The number of carbonyl (C=O) groups is 4. The number of esters is 4. The van der Waals surface area contributed by atoms with Gasteiger partial charge >= 0.3 is 23.9 Å². The Hall–Kier alpha value is -5.42. The number of hydrogen-bond donors (Lipinski definition) is 1. The monoisotopic (exact) mass is 700 g/mol. The number of ether oxygens (including phenoxy) is 6. The van der Waals surface area contributed by atoms with Crippen LogP contribution in [0.5, 0.6) is 17.2 Å². The van der Waals surface area contributed by atoms with E-state index in [1.807, 2.05) is 36.4 Å². The molecule has 0 aliphatic heterocycles. The highest BCUT2D eigenvalue weighted by molar-refractivity contribution is 5.93. The maximum Gasteiger partial charge on any atom is 0.343 e. The number of hydrogen-bond acceptors (Lipinski definition) is 11. The number of rotatable bonds is 19. The van der Waals surface area contributed by atoms with Gasteiger partial charge in [0.2, 0.25) is 0 Å². The summed E-state index contributed by atoms with van der Waals surface area (Å²) in [6.45, 7) is 7.53. The van der Waals surface area contributed by atoms with E-state index in [0.717, 1.165) is 43.2 Å². The van der Waals surface area contributed by atoms with Crippen molar-refractivity contribution >= 4 is 23.9 Å². The number of benzene rings is 3. The summed E-state index contributed by atoms with van der Waals surface area (Å²) in [5, 5.41) is 8.88. The number of carbonyl (C=O) groups excluding carboxylic acids is 4. The van der Waals surface area contributed by atoms with Gasteiger partial charge in [0, 0.05) is 18.4 Å². The van der Waals surface area contributed by atoms with Gasteiger partial charge in [0.05, 0.1) is 50.6 Å². The summed E-state index contributed by atoms with van der Waals surface area (Å²) in [4.78, 5) is 48.4. The van der Waals surface area contributed by atoms with Crippen molar-refractivity contribution in [3.05, 3.63) is 103 Å². The summed E-state index contributed by atoms with van der Waals surface area (Å²) >= 11 is 0. The van der Waals surface area contributed by atoms with E-state index in [1.165, 1.54) is 0 Å². The molecule has 1 aliphatic rings. The molecule has 4 rings (SSSR count). The van der Waals surface area contributed by atoms with Crippen LogP contribution in [0.25, 0.3) is 11.1 Å². The molecule has 0 radical (unpaired) electrons. The molecule has 1 fully saturated rings. The highest BCUT2D eigenvalue weighted by Gasteiger charge is 2.20. The van der Waals surface area contributed by atoms with Crippen molar-refractivity contribution in [2.24, 2.45) is 0 Å². The lowest BCUT2D eigenvalue weighted by molar-refractivity contribution is -0.151. The van der Waals surface area contributed by atoms with Crippen molar-refractivity contribution in [3.8, 4) is 28.4 Å². The summed E-state index contributed by atoms with van der Waals surface area (Å²) in [7, 11) is 0. The summed E-state index contributed by atoms with van der Waals surface area (Å²) in [5.41, 5.74) is 2.30. The van der Waals surface area contributed by atoms with Crippen LogP contribution < -0.4 is 14.2 Å². The third-order valence-electron chi connectivity index (χ3n) is 7.90. The molecule has 0 unspecified atom stereocenters. The molecule has 270 valence electrons. The Bertz CT molecular complexity index is 1620. The van der Waals surface area contributed by atoms with E-state index >= 15 is 0 Å². The molecule has 0 bridgehead atoms. The Kier molecular flexibility index (Phi) is 15.3. The molecule has 0 heterocycles. The Morgan fingerprint density at radius 2 is 1.12 bits per heavy atom. The predicted molar refractivity (Wildman–Crippen MR) is 188 cm³/mol. The van der Waals surface area contributed by atoms with Gasteiger partial charge < -0.3 is 33.5 Å². The van der Waals surface area contributed by atoms with Crippen molar-refractivity contribution < 1.29 is 52.7 Å². The normalized spacial score (nSPS) is 12.6. The summed E-state index contributed by atoms with van der Waals surface area (Å²) in [6.07, 6.45) is 5.62. The highest BCUT2D eigenvalue weighted by atomic mass is 16.6. The van der Waals surface area contributed by atoms with Crippen LogP contribution in [-0.2, 0) is 28.6 Å². The predicted octanol–water partition coefficient (Wildman–Crippen LogP) is 6.57. The Morgan fingerprint density at radius 3 is 1.65 bits per heavy atom. The summed E-state index contributed by atoms with van der Waals surface area (Å²) in [5.74, 6) is -0.620. The first kappa shape index (κ1) is 38.4. The van der Waals surface area contributed by atoms with Gasteiger partial charge in [-0.15, -0.1) is 0 Å². The van der Waals surface area contributed by atoms with E-state index in [4.69, 9.17) is 33.5 Å². The molecule has 1 aliphatic carbocycles. The minimum absolute atomic E-state index is 0.0119. The van der Waals surface area contributed by atoms with Crippen LogP contribution in [0.2, 0.25) is 0 Å². The second kappa shape index (κ2) is 20.3. The van der Waals surface area contributed by atoms with Crippen molar-refractivity contribution in [3.63, 3.8) is 0 Å². The first-order valence-corrected chi connectivity index (χ1v) is 17.0. The van der Waals surface area contributed by atoms with Gasteiger partial charge in [-0.1, -0.05) is 43.8 Å². The van der Waals surface area contributed by atoms with Crippen molar-refractivity contribution in [2.45, 2.75) is 57.5 Å². The van der Waals surface area contributed by atoms with E-state index in [1.54, 1.807) is 36.4 Å². The van der Waals surface area contributed by atoms with E-state index in [-0.39, 0.29) is 43.5 Å². The molecule has 3 aromatic carbocycles. The smallest absolute Gasteiger partial charge is 0.343 e. The van der Waals surface area contributed by atoms with Gasteiger partial charge in [-0.2, -0.15) is 0 Å². The molecule has 51 heavy (non-hydrogen) atoms. The molecular weight excluding hydrogens is 656 g/mol. The first-order chi connectivity index (χ1) is 24.7. The third-order valence-corrected chi connectivity index (χ3v) is 7.90. The minimum atomic E-state index is -0.632. The maximum absolute atomic E-state index is 12.7. The summed E-state index contributed by atoms with van der Waals surface area (Å²) < 4.78 is 32.5. The van der Waals surface area contributed by atoms with Crippen LogP contribution in [0, 0.1) is 0 Å². The van der Waals surface area contributed by atoms with Crippen LogP contribution in [0.1, 0.15) is 61.7 Å². The molecule has 0 saturated heterocycles. The fourth-order valence-corrected chi connectivity index (χ4v) is 5.07. The SMILES string of the molecule is C=C(CO)C(=O)OCCCOc1ccc(-c2ccc(OC(=O)c3ccc(OCCCOC(=O)C(=C)CC(=O)OC4CCCCC4)cc3)cc2)cc1. The standard InChI is InChI=1S/C40H44O11/c1-28(26-37(42)50-35-8-4-3-5-9-35)38(43)48-24-6-22-47-34-18-14-32(15-19-34)40(45)51-36-20-12-31(13-21-36)30-10-16-33(17-11-30)46-23-7-25-49-39(44)29(2)27-41/h10-21,35,41H,1-9,22-27H2. The number of aliphatic hydroxyl groups excluding tert-OH is 1. The fourth-order valence-electron chi connectivity index (χ4n) is 5.07. The molecule has 11 heteroatoms. The average molecular weight is 701 g/mol. The second-order valence-corrected chi connectivity index (χ2v) is 11.9. The van der Waals surface area contributed by atoms with Crippen LogP contribution >= 0.6 is 0 Å². The van der Waals surface area contributed by atoms with Crippen LogP contribution in [0.4, 0.5) is 0 Å². The Balaban J connectivity index is 1.11. The van der Waals surface area contributed by atoms with E-state index in [2.05, 4.69) is 13.2 Å². The zero-order valence-electron chi connectivity index (χ0n) is 28.6. The quantitative estimate of drug-likeness (QED) is 0.0477. The summed E-state index contributed by atoms with van der Waals surface area (Å²) in [6, 6.07) is 21.1. The van der Waals surface area contributed by atoms with Crippen molar-refractivity contribution in [1.82, 2.24) is 0 Å². The molecule has 1 N–H and O–H groups in total. The zero-order chi connectivity index (χ0) is 36.4. The largest absolute Gasteiger partial charge is 0.493 e. The molecular formula is C40H44O11. The second-order valence-electron chi connectivity index (χ2n) is 11.9. The van der Waals surface area contributed by atoms with Gasteiger partial charge in [-0.3, -0.25) is 4.79 Å². The van der Waals surface area contributed by atoms with Crippen LogP contribution in [0.15, 0.2) is 97.1 Å². The van der Waals surface area contributed by atoms with Gasteiger partial charge in [0.25, 0.3) is 0 Å². The fraction of sp³-hybridized carbons (Fsp3) is 0.350. The Labute approximate surface area is 297 Å². The van der Waals surface area contributed by atoms with Gasteiger partial charge in [-0.25, -0.2) is 14.4 Å². The topological polar surface area (TPSA) is 144 Å². The lowest BCUT2D eigenvalue weighted by atomic mass is 9.98. The average Bonchev–Trinajstić information content (AvgIpc) is 3.15. The molecule has 1 saturated carbocycles. The van der Waals surface area contributed by atoms with Gasteiger partial charge in [0.1, 0.15) is 23.4 Å². The minimum Gasteiger partial charge on any atom is -0.493 e. The van der Waals surface area contributed by atoms with E-state index in [0.29, 0.717) is 42.3 Å². The lowest BCUT2D eigenvalue weighted by Crippen LogP contribution is -2.22. The molecule has 3 aromatic rings. The molecule has 0 spiro atoms. The number of aliphatic hydroxyl groups is 1.